The first-order valence-electron chi connectivity index (χ1n) is 8.62. The fraction of sp³-hybridized carbons (Fsp3) is 0.368. The van der Waals surface area contributed by atoms with Crippen LogP contribution in [0.5, 0.6) is 0 Å². The Morgan fingerprint density at radius 3 is 2.56 bits per heavy atom. The normalized spacial score (nSPS) is 11.6. The van der Waals surface area contributed by atoms with Crippen LogP contribution in [0.4, 0.5) is 0 Å². The minimum absolute atomic E-state index is 0. The second-order valence-electron chi connectivity index (χ2n) is 6.07. The van der Waals surface area contributed by atoms with Crippen molar-refractivity contribution in [3.63, 3.8) is 0 Å². The zero-order valence-electron chi connectivity index (χ0n) is 15.9. The van der Waals surface area contributed by atoms with E-state index >= 15 is 0 Å². The van der Waals surface area contributed by atoms with E-state index in [4.69, 9.17) is 0 Å². The Morgan fingerprint density at radius 2 is 1.96 bits per heavy atom. The number of rotatable bonds is 7. The predicted octanol–water partition coefficient (Wildman–Crippen LogP) is 2.71. The standard InChI is InChI=1S/C19H26N4O2S.HI/c1-4-20-19(22-12-10-17-7-5-6-11-21-17)23-14-16-8-9-18(15(2)13-16)26(3,24)25;/h5-9,11,13H,4,10,12,14H2,1-3H3,(H2,20,22,23);1H. The largest absolute Gasteiger partial charge is 0.357 e. The maximum Gasteiger partial charge on any atom is 0.191 e. The van der Waals surface area contributed by atoms with Gasteiger partial charge in [0.1, 0.15) is 0 Å². The third-order valence-electron chi connectivity index (χ3n) is 3.80. The van der Waals surface area contributed by atoms with Crippen LogP contribution in [0.2, 0.25) is 0 Å². The number of sulfone groups is 1. The highest BCUT2D eigenvalue weighted by Gasteiger charge is 2.10. The third kappa shape index (κ3) is 7.84. The second kappa shape index (κ2) is 11.2. The fourth-order valence-electron chi connectivity index (χ4n) is 2.59. The average Bonchev–Trinajstić information content (AvgIpc) is 2.59. The van der Waals surface area contributed by atoms with Crippen molar-refractivity contribution in [2.75, 3.05) is 19.3 Å². The first-order valence-corrected chi connectivity index (χ1v) is 10.5. The number of benzene rings is 1. The smallest absolute Gasteiger partial charge is 0.191 e. The number of pyridine rings is 1. The molecule has 0 bridgehead atoms. The molecular weight excluding hydrogens is 475 g/mol. The molecule has 0 atom stereocenters. The Kier molecular flexibility index (Phi) is 9.71. The van der Waals surface area contributed by atoms with E-state index < -0.39 is 9.84 Å². The second-order valence-corrected chi connectivity index (χ2v) is 8.05. The van der Waals surface area contributed by atoms with Crippen molar-refractivity contribution in [1.82, 2.24) is 15.6 Å². The summed E-state index contributed by atoms with van der Waals surface area (Å²) in [5, 5.41) is 6.50. The van der Waals surface area contributed by atoms with Gasteiger partial charge in [-0.25, -0.2) is 13.4 Å². The first-order chi connectivity index (χ1) is 12.4. The molecule has 2 rings (SSSR count). The highest BCUT2D eigenvalue weighted by atomic mass is 127. The Labute approximate surface area is 178 Å². The molecule has 27 heavy (non-hydrogen) atoms. The lowest BCUT2D eigenvalue weighted by molar-refractivity contribution is 0.601. The van der Waals surface area contributed by atoms with Crippen LogP contribution in [0.1, 0.15) is 23.7 Å². The Balaban J connectivity index is 0.00000364. The summed E-state index contributed by atoms with van der Waals surface area (Å²) in [5.74, 6) is 0.730. The average molecular weight is 502 g/mol. The van der Waals surface area contributed by atoms with E-state index in [1.54, 1.807) is 19.2 Å². The van der Waals surface area contributed by atoms with Gasteiger partial charge in [-0.15, -0.1) is 24.0 Å². The summed E-state index contributed by atoms with van der Waals surface area (Å²) in [5.41, 5.74) is 2.74. The summed E-state index contributed by atoms with van der Waals surface area (Å²) in [6.45, 7) is 5.79. The summed E-state index contributed by atoms with van der Waals surface area (Å²) in [6, 6.07) is 11.2. The number of hydrogen-bond acceptors (Lipinski definition) is 4. The van der Waals surface area contributed by atoms with Gasteiger partial charge in [0, 0.05) is 37.7 Å². The Morgan fingerprint density at radius 1 is 1.19 bits per heavy atom. The number of hydrogen-bond donors (Lipinski definition) is 2. The van der Waals surface area contributed by atoms with Gasteiger partial charge < -0.3 is 10.6 Å². The molecule has 148 valence electrons. The minimum Gasteiger partial charge on any atom is -0.357 e. The van der Waals surface area contributed by atoms with Gasteiger partial charge in [-0.1, -0.05) is 18.2 Å². The lowest BCUT2D eigenvalue weighted by Crippen LogP contribution is -2.38. The predicted molar refractivity (Wildman–Crippen MR) is 120 cm³/mol. The van der Waals surface area contributed by atoms with Crippen molar-refractivity contribution in [3.8, 4) is 0 Å². The SMILES string of the molecule is CCNC(=NCc1ccc(S(C)(=O)=O)c(C)c1)NCCc1ccccn1.I. The van der Waals surface area contributed by atoms with Crippen LogP contribution >= 0.6 is 24.0 Å². The molecule has 0 spiro atoms. The number of halogens is 1. The van der Waals surface area contributed by atoms with Crippen molar-refractivity contribution in [1.29, 1.82) is 0 Å². The van der Waals surface area contributed by atoms with Crippen molar-refractivity contribution in [2.24, 2.45) is 4.99 Å². The number of guanidine groups is 1. The maximum atomic E-state index is 11.7. The van der Waals surface area contributed by atoms with E-state index in [0.717, 1.165) is 42.3 Å². The van der Waals surface area contributed by atoms with Gasteiger partial charge in [0.15, 0.2) is 15.8 Å². The molecule has 8 heteroatoms. The zero-order valence-corrected chi connectivity index (χ0v) is 19.0. The molecule has 2 N–H and O–H groups in total. The van der Waals surface area contributed by atoms with Gasteiger partial charge in [0.05, 0.1) is 11.4 Å². The summed E-state index contributed by atoms with van der Waals surface area (Å²) < 4.78 is 23.4. The minimum atomic E-state index is -3.19. The topological polar surface area (TPSA) is 83.5 Å². The first kappa shape index (κ1) is 23.4. The number of aryl methyl sites for hydroxylation is 1. The highest BCUT2D eigenvalue weighted by Crippen LogP contribution is 2.17. The number of nitrogens with one attached hydrogen (secondary N) is 2. The van der Waals surface area contributed by atoms with Gasteiger partial charge in [-0.3, -0.25) is 4.98 Å². The van der Waals surface area contributed by atoms with Crippen LogP contribution in [0.15, 0.2) is 52.5 Å². The lowest BCUT2D eigenvalue weighted by Gasteiger charge is -2.11. The third-order valence-corrected chi connectivity index (χ3v) is 5.06. The summed E-state index contributed by atoms with van der Waals surface area (Å²) in [6.07, 6.45) is 3.83. The molecule has 0 saturated heterocycles. The van der Waals surface area contributed by atoms with E-state index in [1.807, 2.05) is 37.3 Å². The van der Waals surface area contributed by atoms with Crippen molar-refractivity contribution < 1.29 is 8.42 Å². The van der Waals surface area contributed by atoms with Gasteiger partial charge in [-0.05, 0) is 43.2 Å². The molecule has 0 unspecified atom stereocenters. The Hall–Kier alpha value is -1.68. The van der Waals surface area contributed by atoms with Gasteiger partial charge in [0.25, 0.3) is 0 Å². The molecule has 6 nitrogen and oxygen atoms in total. The highest BCUT2D eigenvalue weighted by molar-refractivity contribution is 14.0. The van der Waals surface area contributed by atoms with Gasteiger partial charge >= 0.3 is 0 Å². The monoisotopic (exact) mass is 502 g/mol. The van der Waals surface area contributed by atoms with Gasteiger partial charge in [-0.2, -0.15) is 0 Å². The van der Waals surface area contributed by atoms with Crippen molar-refractivity contribution in [3.05, 3.63) is 59.4 Å². The van der Waals surface area contributed by atoms with Crippen LogP contribution < -0.4 is 10.6 Å². The summed E-state index contributed by atoms with van der Waals surface area (Å²) in [4.78, 5) is 9.24. The Bertz CT molecular complexity index is 855. The molecule has 0 aliphatic carbocycles. The fourth-order valence-corrected chi connectivity index (χ4v) is 3.55. The quantitative estimate of drug-likeness (QED) is 0.346. The van der Waals surface area contributed by atoms with E-state index in [2.05, 4.69) is 20.6 Å². The van der Waals surface area contributed by atoms with Crippen molar-refractivity contribution in [2.45, 2.75) is 31.7 Å². The molecule has 0 fully saturated rings. The summed E-state index contributed by atoms with van der Waals surface area (Å²) in [7, 11) is -3.19. The van der Waals surface area contributed by atoms with Crippen LogP contribution in [-0.4, -0.2) is 38.7 Å². The van der Waals surface area contributed by atoms with E-state index in [-0.39, 0.29) is 24.0 Å². The molecule has 0 aliphatic rings. The molecule has 1 aromatic heterocycles. The number of aliphatic imine (C=N–C) groups is 1. The molecule has 0 aliphatic heterocycles. The van der Waals surface area contributed by atoms with Crippen LogP contribution in [-0.2, 0) is 22.8 Å². The zero-order chi connectivity index (χ0) is 19.0. The maximum absolute atomic E-state index is 11.7. The lowest BCUT2D eigenvalue weighted by atomic mass is 10.1. The van der Waals surface area contributed by atoms with E-state index in [0.29, 0.717) is 11.4 Å². The van der Waals surface area contributed by atoms with E-state index in [1.165, 1.54) is 6.26 Å². The molecule has 1 aromatic carbocycles. The molecular formula is C19H27IN4O2S. The summed E-state index contributed by atoms with van der Waals surface area (Å²) >= 11 is 0. The number of aromatic nitrogens is 1. The van der Waals surface area contributed by atoms with Crippen LogP contribution in [0, 0.1) is 6.92 Å². The van der Waals surface area contributed by atoms with E-state index in [9.17, 15) is 8.42 Å². The molecule has 0 saturated carbocycles. The number of nitrogens with zero attached hydrogens (tertiary/aromatic N) is 2. The molecule has 0 radical (unpaired) electrons. The van der Waals surface area contributed by atoms with Crippen molar-refractivity contribution >= 4 is 39.8 Å². The molecule has 2 aromatic rings. The van der Waals surface area contributed by atoms with Crippen LogP contribution in [0.3, 0.4) is 0 Å². The molecule has 1 heterocycles. The van der Waals surface area contributed by atoms with Gasteiger partial charge in [0.2, 0.25) is 0 Å². The van der Waals surface area contributed by atoms with Crippen LogP contribution in [0.25, 0.3) is 0 Å². The molecule has 0 amide bonds.